The zero-order valence-electron chi connectivity index (χ0n) is 6.25. The highest BCUT2D eigenvalue weighted by atomic mass is 35.5. The summed E-state index contributed by atoms with van der Waals surface area (Å²) < 4.78 is 0. The van der Waals surface area contributed by atoms with E-state index in [1.807, 2.05) is 0 Å². The molecule has 0 radical (unpaired) electrons. The van der Waals surface area contributed by atoms with Crippen LogP contribution in [0.25, 0.3) is 0 Å². The standard InChI is InChI=1S/C8H7ClN2O/c9-7-2-1-6(4-10)8(3-7)11-5-12/h1-3H,4,10H2. The predicted molar refractivity (Wildman–Crippen MR) is 47.1 cm³/mol. The molecule has 0 heterocycles. The molecule has 1 rings (SSSR count). The van der Waals surface area contributed by atoms with Crippen molar-refractivity contribution in [3.63, 3.8) is 0 Å². The number of rotatable bonds is 2. The van der Waals surface area contributed by atoms with Gasteiger partial charge in [0.15, 0.2) is 0 Å². The minimum atomic E-state index is 0.331. The van der Waals surface area contributed by atoms with E-state index in [1.54, 1.807) is 18.2 Å². The fourth-order valence-electron chi connectivity index (χ4n) is 0.863. The smallest absolute Gasteiger partial charge is 0.240 e. The van der Waals surface area contributed by atoms with E-state index in [-0.39, 0.29) is 0 Å². The first-order valence-corrected chi connectivity index (χ1v) is 3.72. The lowest BCUT2D eigenvalue weighted by atomic mass is 10.2. The molecule has 1 aromatic rings. The maximum Gasteiger partial charge on any atom is 0.240 e. The Morgan fingerprint density at radius 2 is 2.33 bits per heavy atom. The Hall–Kier alpha value is -1.15. The van der Waals surface area contributed by atoms with E-state index >= 15 is 0 Å². The van der Waals surface area contributed by atoms with E-state index in [2.05, 4.69) is 4.99 Å². The van der Waals surface area contributed by atoms with Gasteiger partial charge in [0, 0.05) is 11.6 Å². The summed E-state index contributed by atoms with van der Waals surface area (Å²) in [6.07, 6.45) is 1.45. The first-order chi connectivity index (χ1) is 5.77. The molecule has 3 nitrogen and oxygen atoms in total. The van der Waals surface area contributed by atoms with Gasteiger partial charge in [-0.3, -0.25) is 0 Å². The van der Waals surface area contributed by atoms with Gasteiger partial charge in [-0.25, -0.2) is 4.79 Å². The molecule has 12 heavy (non-hydrogen) atoms. The van der Waals surface area contributed by atoms with Gasteiger partial charge in [-0.1, -0.05) is 17.7 Å². The van der Waals surface area contributed by atoms with Crippen molar-refractivity contribution >= 4 is 23.4 Å². The van der Waals surface area contributed by atoms with E-state index in [1.165, 1.54) is 6.08 Å². The number of hydrogen-bond donors (Lipinski definition) is 1. The third-order valence-corrected chi connectivity index (χ3v) is 1.67. The fourth-order valence-corrected chi connectivity index (χ4v) is 1.03. The number of nitrogens with two attached hydrogens (primary N) is 1. The summed E-state index contributed by atoms with van der Waals surface area (Å²) >= 11 is 5.68. The molecule has 0 saturated carbocycles. The molecular weight excluding hydrogens is 176 g/mol. The molecule has 0 aliphatic rings. The van der Waals surface area contributed by atoms with Crippen molar-refractivity contribution in [1.29, 1.82) is 0 Å². The van der Waals surface area contributed by atoms with E-state index in [9.17, 15) is 4.79 Å². The van der Waals surface area contributed by atoms with Crippen LogP contribution in [0.5, 0.6) is 0 Å². The monoisotopic (exact) mass is 182 g/mol. The first-order valence-electron chi connectivity index (χ1n) is 3.34. The largest absolute Gasteiger partial charge is 0.326 e. The molecule has 0 unspecified atom stereocenters. The van der Waals surface area contributed by atoms with Crippen molar-refractivity contribution in [2.45, 2.75) is 6.54 Å². The van der Waals surface area contributed by atoms with Crippen LogP contribution in [0.1, 0.15) is 5.56 Å². The van der Waals surface area contributed by atoms with Gasteiger partial charge in [0.2, 0.25) is 6.08 Å². The summed E-state index contributed by atoms with van der Waals surface area (Å²) in [6.45, 7) is 0.331. The molecule has 4 heteroatoms. The average Bonchev–Trinajstić information content (AvgIpc) is 2.05. The zero-order chi connectivity index (χ0) is 8.97. The zero-order valence-corrected chi connectivity index (χ0v) is 7.01. The number of aliphatic imine (C=N–C) groups is 1. The molecule has 0 atom stereocenters. The van der Waals surface area contributed by atoms with Crippen LogP contribution >= 0.6 is 11.6 Å². The molecular formula is C8H7ClN2O. The first kappa shape index (κ1) is 8.94. The maximum absolute atomic E-state index is 9.98. The van der Waals surface area contributed by atoms with Crippen LogP contribution in [0.4, 0.5) is 5.69 Å². The second kappa shape index (κ2) is 4.02. The third-order valence-electron chi connectivity index (χ3n) is 1.43. The van der Waals surface area contributed by atoms with Gasteiger partial charge in [0.05, 0.1) is 5.69 Å². The van der Waals surface area contributed by atoms with Crippen molar-refractivity contribution in [3.05, 3.63) is 28.8 Å². The van der Waals surface area contributed by atoms with E-state index in [4.69, 9.17) is 17.3 Å². The number of isocyanates is 1. The van der Waals surface area contributed by atoms with Crippen LogP contribution < -0.4 is 5.73 Å². The fraction of sp³-hybridized carbons (Fsp3) is 0.125. The van der Waals surface area contributed by atoms with Crippen molar-refractivity contribution in [2.75, 3.05) is 0 Å². The summed E-state index contributed by atoms with van der Waals surface area (Å²) in [5.41, 5.74) is 6.66. The topological polar surface area (TPSA) is 55.4 Å². The number of benzene rings is 1. The quantitative estimate of drug-likeness (QED) is 0.560. The van der Waals surface area contributed by atoms with Crippen molar-refractivity contribution in [3.8, 4) is 0 Å². The number of nitrogens with zero attached hydrogens (tertiary/aromatic N) is 1. The van der Waals surface area contributed by atoms with Crippen molar-refractivity contribution < 1.29 is 4.79 Å². The maximum atomic E-state index is 9.98. The predicted octanol–water partition coefficient (Wildman–Crippen LogP) is 1.77. The van der Waals surface area contributed by atoms with Gasteiger partial charge in [0.1, 0.15) is 0 Å². The van der Waals surface area contributed by atoms with Crippen LogP contribution in [0.15, 0.2) is 23.2 Å². The van der Waals surface area contributed by atoms with Crippen LogP contribution in [0.3, 0.4) is 0 Å². The second-order valence-corrected chi connectivity index (χ2v) is 2.62. The Kier molecular flexibility index (Phi) is 3.00. The molecule has 0 saturated heterocycles. The second-order valence-electron chi connectivity index (χ2n) is 2.18. The Balaban J connectivity index is 3.20. The number of halogens is 1. The summed E-state index contributed by atoms with van der Waals surface area (Å²) in [4.78, 5) is 13.4. The Bertz CT molecular complexity index is 332. The molecule has 0 aliphatic heterocycles. The molecule has 2 N–H and O–H groups in total. The van der Waals surface area contributed by atoms with Crippen LogP contribution in [0, 0.1) is 0 Å². The van der Waals surface area contributed by atoms with Gasteiger partial charge >= 0.3 is 0 Å². The van der Waals surface area contributed by atoms with E-state index in [0.29, 0.717) is 17.3 Å². The number of carbonyl (C=O) groups excluding carboxylic acids is 1. The van der Waals surface area contributed by atoms with Crippen LogP contribution in [-0.4, -0.2) is 6.08 Å². The summed E-state index contributed by atoms with van der Waals surface area (Å²) in [5.74, 6) is 0. The molecule has 62 valence electrons. The summed E-state index contributed by atoms with van der Waals surface area (Å²) in [5, 5.41) is 0.529. The third kappa shape index (κ3) is 1.92. The Morgan fingerprint density at radius 3 is 2.92 bits per heavy atom. The van der Waals surface area contributed by atoms with Crippen LogP contribution in [0.2, 0.25) is 5.02 Å². The van der Waals surface area contributed by atoms with Gasteiger partial charge in [0.25, 0.3) is 0 Å². The molecule has 1 aromatic carbocycles. The molecule has 0 bridgehead atoms. The average molecular weight is 183 g/mol. The highest BCUT2D eigenvalue weighted by Gasteiger charge is 1.99. The lowest BCUT2D eigenvalue weighted by molar-refractivity contribution is 0.565. The lowest BCUT2D eigenvalue weighted by Gasteiger charge is -2.00. The van der Waals surface area contributed by atoms with Crippen LogP contribution in [-0.2, 0) is 11.3 Å². The normalized spacial score (nSPS) is 9.17. The minimum Gasteiger partial charge on any atom is -0.326 e. The summed E-state index contributed by atoms with van der Waals surface area (Å²) in [7, 11) is 0. The van der Waals surface area contributed by atoms with Gasteiger partial charge in [-0.05, 0) is 17.7 Å². The lowest BCUT2D eigenvalue weighted by Crippen LogP contribution is -1.95. The highest BCUT2D eigenvalue weighted by Crippen LogP contribution is 2.22. The highest BCUT2D eigenvalue weighted by molar-refractivity contribution is 6.30. The minimum absolute atomic E-state index is 0.331. The SMILES string of the molecule is NCc1ccc(Cl)cc1N=C=O. The van der Waals surface area contributed by atoms with Crippen molar-refractivity contribution in [1.82, 2.24) is 0 Å². The molecule has 0 amide bonds. The molecule has 0 fully saturated rings. The Labute approximate surface area is 74.9 Å². The molecule has 0 spiro atoms. The molecule has 0 aliphatic carbocycles. The summed E-state index contributed by atoms with van der Waals surface area (Å²) in [6, 6.07) is 5.01. The van der Waals surface area contributed by atoms with Gasteiger partial charge < -0.3 is 5.73 Å². The van der Waals surface area contributed by atoms with Crippen molar-refractivity contribution in [2.24, 2.45) is 10.7 Å². The van der Waals surface area contributed by atoms with Gasteiger partial charge in [-0.2, -0.15) is 4.99 Å². The van der Waals surface area contributed by atoms with E-state index < -0.39 is 0 Å². The number of hydrogen-bond acceptors (Lipinski definition) is 3. The Morgan fingerprint density at radius 1 is 1.58 bits per heavy atom. The van der Waals surface area contributed by atoms with E-state index in [0.717, 1.165) is 5.56 Å². The molecule has 0 aromatic heterocycles. The van der Waals surface area contributed by atoms with Gasteiger partial charge in [-0.15, -0.1) is 0 Å².